The molecule has 31 heavy (non-hydrogen) atoms. The van der Waals surface area contributed by atoms with E-state index in [0.29, 0.717) is 11.6 Å². The molecule has 2 aromatic rings. The van der Waals surface area contributed by atoms with Crippen molar-refractivity contribution in [1.82, 2.24) is 4.90 Å². The van der Waals surface area contributed by atoms with Crippen molar-refractivity contribution < 1.29 is 19.0 Å². The summed E-state index contributed by atoms with van der Waals surface area (Å²) in [5.41, 5.74) is 2.81. The summed E-state index contributed by atoms with van der Waals surface area (Å²) >= 11 is 0. The summed E-state index contributed by atoms with van der Waals surface area (Å²) in [5.74, 6) is 2.89. The number of nitrogens with zero attached hydrogens (tertiary/aromatic N) is 1. The Balaban J connectivity index is 0.000000229. The molecule has 2 aromatic carbocycles. The second-order valence-corrected chi connectivity index (χ2v) is 8.20. The van der Waals surface area contributed by atoms with E-state index < -0.39 is 0 Å². The van der Waals surface area contributed by atoms with Crippen LogP contribution in [0.5, 0.6) is 11.5 Å². The van der Waals surface area contributed by atoms with Crippen molar-refractivity contribution in [3.05, 3.63) is 71.0 Å². The SMILES string of the molecule is COc1ccccc1OC.Cc1cccc(C(=O)OC2=CCC3CCN(C)C3C2)c1C. The standard InChI is InChI=1S/C18H23NO2.C8H10O2/c1-12-5-4-6-16(13(12)2)18(20)21-15-8-7-14-9-10-19(3)17(14)11-15;1-9-7-5-3-4-6-8(7)10-2/h4-6,8,14,17H,7,9-11H2,1-3H3;3-6H,1-2H3. The first-order valence-corrected chi connectivity index (χ1v) is 10.8. The Morgan fingerprint density at radius 3 is 2.32 bits per heavy atom. The Morgan fingerprint density at radius 2 is 1.68 bits per heavy atom. The Morgan fingerprint density at radius 1 is 1.00 bits per heavy atom. The summed E-state index contributed by atoms with van der Waals surface area (Å²) in [6.07, 6.45) is 5.27. The minimum atomic E-state index is -0.221. The third kappa shape index (κ3) is 5.47. The van der Waals surface area contributed by atoms with Gasteiger partial charge >= 0.3 is 5.97 Å². The lowest BCUT2D eigenvalue weighted by molar-refractivity contribution is 0.0586. The average molecular weight is 424 g/mol. The molecule has 0 bridgehead atoms. The lowest BCUT2D eigenvalue weighted by atomic mass is 9.89. The van der Waals surface area contributed by atoms with Gasteiger partial charge in [0.05, 0.1) is 19.8 Å². The molecule has 2 aliphatic rings. The minimum absolute atomic E-state index is 0.221. The highest BCUT2D eigenvalue weighted by Gasteiger charge is 2.35. The van der Waals surface area contributed by atoms with Crippen molar-refractivity contribution in [3.8, 4) is 11.5 Å². The average Bonchev–Trinajstić information content (AvgIpc) is 3.16. The monoisotopic (exact) mass is 423 g/mol. The van der Waals surface area contributed by atoms with Crippen molar-refractivity contribution >= 4 is 5.97 Å². The number of ether oxygens (including phenoxy) is 3. The van der Waals surface area contributed by atoms with Gasteiger partial charge in [-0.15, -0.1) is 0 Å². The molecule has 1 aliphatic carbocycles. The first kappa shape index (κ1) is 22.9. The fourth-order valence-electron chi connectivity index (χ4n) is 4.27. The van der Waals surface area contributed by atoms with E-state index in [0.717, 1.165) is 53.7 Å². The highest BCUT2D eigenvalue weighted by Crippen LogP contribution is 2.35. The number of hydrogen-bond donors (Lipinski definition) is 0. The second-order valence-electron chi connectivity index (χ2n) is 8.20. The van der Waals surface area contributed by atoms with Gasteiger partial charge in [-0.2, -0.15) is 0 Å². The highest BCUT2D eigenvalue weighted by atomic mass is 16.5. The molecule has 0 amide bonds. The fourth-order valence-corrected chi connectivity index (χ4v) is 4.27. The Labute approximate surface area is 185 Å². The van der Waals surface area contributed by atoms with Crippen LogP contribution in [0.15, 0.2) is 54.3 Å². The maximum Gasteiger partial charge on any atom is 0.343 e. The molecule has 1 heterocycles. The van der Waals surface area contributed by atoms with Crippen LogP contribution in [-0.4, -0.2) is 44.7 Å². The third-order valence-electron chi connectivity index (χ3n) is 6.36. The third-order valence-corrected chi connectivity index (χ3v) is 6.36. The topological polar surface area (TPSA) is 48.0 Å². The molecule has 5 heteroatoms. The van der Waals surface area contributed by atoms with Crippen LogP contribution in [0, 0.1) is 19.8 Å². The number of methoxy groups -OCH3 is 2. The van der Waals surface area contributed by atoms with Crippen molar-refractivity contribution in [1.29, 1.82) is 0 Å². The quantitative estimate of drug-likeness (QED) is 0.636. The van der Waals surface area contributed by atoms with E-state index in [1.807, 2.05) is 56.3 Å². The minimum Gasteiger partial charge on any atom is -0.493 e. The molecule has 0 spiro atoms. The summed E-state index contributed by atoms with van der Waals surface area (Å²) in [7, 11) is 5.41. The zero-order chi connectivity index (χ0) is 22.4. The van der Waals surface area contributed by atoms with Crippen LogP contribution in [0.1, 0.15) is 40.7 Å². The van der Waals surface area contributed by atoms with Gasteiger partial charge in [0.25, 0.3) is 0 Å². The number of esters is 1. The van der Waals surface area contributed by atoms with E-state index in [2.05, 4.69) is 18.0 Å². The predicted molar refractivity (Wildman–Crippen MR) is 123 cm³/mol. The Kier molecular flexibility index (Phi) is 7.75. The van der Waals surface area contributed by atoms with Gasteiger partial charge in [0, 0.05) is 12.5 Å². The number of rotatable bonds is 4. The highest BCUT2D eigenvalue weighted by molar-refractivity contribution is 5.92. The molecule has 166 valence electrons. The van der Waals surface area contributed by atoms with Crippen LogP contribution in [0.4, 0.5) is 0 Å². The largest absolute Gasteiger partial charge is 0.493 e. The van der Waals surface area contributed by atoms with Gasteiger partial charge < -0.3 is 19.1 Å². The molecule has 1 fully saturated rings. The van der Waals surface area contributed by atoms with E-state index in [4.69, 9.17) is 14.2 Å². The van der Waals surface area contributed by atoms with Crippen LogP contribution in [0.25, 0.3) is 0 Å². The van der Waals surface area contributed by atoms with Crippen LogP contribution >= 0.6 is 0 Å². The lowest BCUT2D eigenvalue weighted by Crippen LogP contribution is -2.32. The number of allylic oxidation sites excluding steroid dienone is 1. The van der Waals surface area contributed by atoms with Crippen molar-refractivity contribution in [3.63, 3.8) is 0 Å². The van der Waals surface area contributed by atoms with Gasteiger partial charge in [-0.05, 0) is 81.6 Å². The normalized spacial score (nSPS) is 20.1. The molecule has 0 radical (unpaired) electrons. The number of carbonyl (C=O) groups excluding carboxylic acids is 1. The Hall–Kier alpha value is -2.79. The van der Waals surface area contributed by atoms with Gasteiger partial charge in [-0.25, -0.2) is 4.79 Å². The number of benzene rings is 2. The van der Waals surface area contributed by atoms with E-state index in [9.17, 15) is 4.79 Å². The maximum atomic E-state index is 12.4. The van der Waals surface area contributed by atoms with Gasteiger partial charge in [0.1, 0.15) is 5.76 Å². The number of fused-ring (bicyclic) bond motifs is 1. The molecule has 4 rings (SSSR count). The molecule has 1 aliphatic heterocycles. The predicted octanol–water partition coefficient (Wildman–Crippen LogP) is 5.16. The molecule has 5 nitrogen and oxygen atoms in total. The number of hydrogen-bond acceptors (Lipinski definition) is 5. The van der Waals surface area contributed by atoms with Crippen molar-refractivity contribution in [2.45, 2.75) is 39.2 Å². The molecule has 0 aromatic heterocycles. The molecule has 0 saturated carbocycles. The first-order chi connectivity index (χ1) is 14.9. The van der Waals surface area contributed by atoms with Gasteiger partial charge in [-0.1, -0.05) is 24.3 Å². The molecular formula is C26H33NO4. The van der Waals surface area contributed by atoms with Crippen LogP contribution in [0.3, 0.4) is 0 Å². The lowest BCUT2D eigenvalue weighted by Gasteiger charge is -2.29. The second kappa shape index (κ2) is 10.5. The van der Waals surface area contributed by atoms with Crippen LogP contribution < -0.4 is 9.47 Å². The zero-order valence-corrected chi connectivity index (χ0v) is 19.2. The van der Waals surface area contributed by atoms with E-state index in [-0.39, 0.29) is 5.97 Å². The number of aryl methyl sites for hydroxylation is 1. The van der Waals surface area contributed by atoms with Crippen molar-refractivity contribution in [2.24, 2.45) is 5.92 Å². The maximum absolute atomic E-state index is 12.4. The molecule has 0 N–H and O–H groups in total. The van der Waals surface area contributed by atoms with Crippen LogP contribution in [0.2, 0.25) is 0 Å². The number of likely N-dealkylation sites (tertiary alicyclic amines) is 1. The smallest absolute Gasteiger partial charge is 0.343 e. The van der Waals surface area contributed by atoms with Gasteiger partial charge in [0.15, 0.2) is 11.5 Å². The fraction of sp³-hybridized carbons (Fsp3) is 0.423. The number of carbonyl (C=O) groups is 1. The molecule has 2 unspecified atom stereocenters. The summed E-state index contributed by atoms with van der Waals surface area (Å²) in [5, 5.41) is 0. The van der Waals surface area contributed by atoms with E-state index in [1.165, 1.54) is 6.42 Å². The van der Waals surface area contributed by atoms with Gasteiger partial charge in [-0.3, -0.25) is 0 Å². The van der Waals surface area contributed by atoms with E-state index in [1.54, 1.807) is 14.2 Å². The summed E-state index contributed by atoms with van der Waals surface area (Å²) in [4.78, 5) is 14.8. The van der Waals surface area contributed by atoms with Crippen LogP contribution in [-0.2, 0) is 4.74 Å². The molecule has 1 saturated heterocycles. The summed E-state index contributed by atoms with van der Waals surface area (Å²) < 4.78 is 15.7. The summed E-state index contributed by atoms with van der Waals surface area (Å²) in [6, 6.07) is 13.8. The molecular weight excluding hydrogens is 390 g/mol. The van der Waals surface area contributed by atoms with Gasteiger partial charge in [0.2, 0.25) is 0 Å². The number of para-hydroxylation sites is 2. The first-order valence-electron chi connectivity index (χ1n) is 10.8. The van der Waals surface area contributed by atoms with Crippen molar-refractivity contribution in [2.75, 3.05) is 27.8 Å². The Bertz CT molecular complexity index is 914. The van der Waals surface area contributed by atoms with E-state index >= 15 is 0 Å². The summed E-state index contributed by atoms with van der Waals surface area (Å²) in [6.45, 7) is 5.15. The molecule has 2 atom stereocenters. The zero-order valence-electron chi connectivity index (χ0n) is 19.2.